The maximum absolute atomic E-state index is 9.69. The number of hydrogen-bond donors (Lipinski definition) is 3. The van der Waals surface area contributed by atoms with E-state index in [4.69, 9.17) is 5.73 Å². The van der Waals surface area contributed by atoms with E-state index in [1.54, 1.807) is 12.1 Å². The molecule has 1 aliphatic rings. The van der Waals surface area contributed by atoms with Gasteiger partial charge >= 0.3 is 0 Å². The number of phenolic OH excluding ortho intramolecular Hbond substituents is 1. The average Bonchev–Trinajstić information content (AvgIpc) is 2.23. The summed E-state index contributed by atoms with van der Waals surface area (Å²) in [5.41, 5.74) is 7.34. The molecule has 0 radical (unpaired) electrons. The summed E-state index contributed by atoms with van der Waals surface area (Å²) < 4.78 is 0. The van der Waals surface area contributed by atoms with Crippen LogP contribution in [0.2, 0.25) is 0 Å². The van der Waals surface area contributed by atoms with Crippen molar-refractivity contribution >= 4 is 5.69 Å². The molecule has 1 atom stereocenters. The minimum atomic E-state index is 0.271. The zero-order chi connectivity index (χ0) is 9.97. The molecular weight excluding hydrogens is 176 g/mol. The lowest BCUT2D eigenvalue weighted by Gasteiger charge is -2.24. The number of benzene rings is 1. The molecule has 0 unspecified atom stereocenters. The van der Waals surface area contributed by atoms with Crippen molar-refractivity contribution in [1.29, 1.82) is 0 Å². The van der Waals surface area contributed by atoms with Gasteiger partial charge in [-0.1, -0.05) is 6.42 Å². The Labute approximate surface area is 83.9 Å². The Morgan fingerprint density at radius 2 is 2.21 bits per heavy atom. The number of nitrogen functional groups attached to an aromatic ring is 1. The van der Waals surface area contributed by atoms with Crippen LogP contribution in [-0.2, 0) is 0 Å². The van der Waals surface area contributed by atoms with Crippen LogP contribution in [0.5, 0.6) is 5.75 Å². The summed E-state index contributed by atoms with van der Waals surface area (Å²) in [5.74, 6) is 0.346. The SMILES string of the molecule is Nc1ccc(O)c([C@H]2CCCCN2)c1. The van der Waals surface area contributed by atoms with Crippen LogP contribution in [0.3, 0.4) is 0 Å². The highest BCUT2D eigenvalue weighted by atomic mass is 16.3. The third-order valence-electron chi connectivity index (χ3n) is 2.74. The van der Waals surface area contributed by atoms with E-state index in [1.807, 2.05) is 6.07 Å². The number of nitrogens with one attached hydrogen (secondary N) is 1. The highest BCUT2D eigenvalue weighted by Gasteiger charge is 2.17. The molecule has 1 aliphatic heterocycles. The van der Waals surface area contributed by atoms with Crippen LogP contribution in [0.15, 0.2) is 18.2 Å². The van der Waals surface area contributed by atoms with Crippen LogP contribution in [0.1, 0.15) is 30.9 Å². The van der Waals surface area contributed by atoms with Crippen LogP contribution in [0.4, 0.5) is 5.69 Å². The normalized spacial score (nSPS) is 22.1. The second-order valence-corrected chi connectivity index (χ2v) is 3.82. The van der Waals surface area contributed by atoms with Gasteiger partial charge in [0.05, 0.1) is 0 Å². The number of piperidine rings is 1. The highest BCUT2D eigenvalue weighted by molar-refractivity contribution is 5.48. The Morgan fingerprint density at radius 1 is 1.36 bits per heavy atom. The molecule has 3 nitrogen and oxygen atoms in total. The quantitative estimate of drug-likeness (QED) is 0.469. The highest BCUT2D eigenvalue weighted by Crippen LogP contribution is 2.30. The first kappa shape index (κ1) is 9.34. The summed E-state index contributed by atoms with van der Waals surface area (Å²) in [6.45, 7) is 1.03. The van der Waals surface area contributed by atoms with E-state index in [0.717, 1.165) is 18.5 Å². The molecule has 0 bridgehead atoms. The fourth-order valence-electron chi connectivity index (χ4n) is 1.97. The summed E-state index contributed by atoms with van der Waals surface area (Å²) in [7, 11) is 0. The van der Waals surface area contributed by atoms with Crippen molar-refractivity contribution in [3.63, 3.8) is 0 Å². The minimum absolute atomic E-state index is 0.271. The molecule has 0 spiro atoms. The van der Waals surface area contributed by atoms with Gasteiger partial charge in [0.2, 0.25) is 0 Å². The van der Waals surface area contributed by atoms with Gasteiger partial charge in [-0.25, -0.2) is 0 Å². The molecule has 4 N–H and O–H groups in total. The first-order valence-electron chi connectivity index (χ1n) is 5.09. The molecule has 14 heavy (non-hydrogen) atoms. The zero-order valence-corrected chi connectivity index (χ0v) is 8.16. The van der Waals surface area contributed by atoms with Crippen LogP contribution in [-0.4, -0.2) is 11.7 Å². The van der Waals surface area contributed by atoms with Crippen molar-refractivity contribution in [2.45, 2.75) is 25.3 Å². The van der Waals surface area contributed by atoms with Crippen LogP contribution < -0.4 is 11.1 Å². The number of nitrogens with two attached hydrogens (primary N) is 1. The second kappa shape index (κ2) is 3.88. The predicted molar refractivity (Wildman–Crippen MR) is 57.1 cm³/mol. The monoisotopic (exact) mass is 192 g/mol. The van der Waals surface area contributed by atoms with E-state index in [2.05, 4.69) is 5.32 Å². The first-order chi connectivity index (χ1) is 6.77. The molecule has 1 fully saturated rings. The number of hydrogen-bond acceptors (Lipinski definition) is 3. The van der Waals surface area contributed by atoms with Gasteiger partial charge in [0.1, 0.15) is 5.75 Å². The van der Waals surface area contributed by atoms with Gasteiger partial charge in [-0.05, 0) is 37.6 Å². The fourth-order valence-corrected chi connectivity index (χ4v) is 1.97. The Kier molecular flexibility index (Phi) is 2.59. The first-order valence-corrected chi connectivity index (χ1v) is 5.09. The van der Waals surface area contributed by atoms with Crippen molar-refractivity contribution in [2.24, 2.45) is 0 Å². The smallest absolute Gasteiger partial charge is 0.120 e. The molecule has 3 heteroatoms. The second-order valence-electron chi connectivity index (χ2n) is 3.82. The Bertz CT molecular complexity index is 319. The molecule has 0 amide bonds. The molecule has 0 aliphatic carbocycles. The predicted octanol–water partition coefficient (Wildman–Crippen LogP) is 1.79. The molecule has 1 aromatic rings. The molecule has 76 valence electrons. The number of phenols is 1. The largest absolute Gasteiger partial charge is 0.508 e. The van der Waals surface area contributed by atoms with Crippen LogP contribution >= 0.6 is 0 Å². The van der Waals surface area contributed by atoms with E-state index in [1.165, 1.54) is 12.8 Å². The third kappa shape index (κ3) is 1.82. The molecule has 1 saturated heterocycles. The number of aromatic hydroxyl groups is 1. The van der Waals surface area contributed by atoms with E-state index < -0.39 is 0 Å². The van der Waals surface area contributed by atoms with Gasteiger partial charge < -0.3 is 16.2 Å². The van der Waals surface area contributed by atoms with E-state index in [-0.39, 0.29) is 6.04 Å². The standard InChI is InChI=1S/C11H16N2O/c12-8-4-5-11(14)9(7-8)10-3-1-2-6-13-10/h4-5,7,10,13-14H,1-3,6,12H2/t10-/m1/s1. The van der Waals surface area contributed by atoms with Crippen molar-refractivity contribution in [3.05, 3.63) is 23.8 Å². The van der Waals surface area contributed by atoms with Crippen molar-refractivity contribution < 1.29 is 5.11 Å². The zero-order valence-electron chi connectivity index (χ0n) is 8.16. The average molecular weight is 192 g/mol. The Balaban J connectivity index is 2.24. The Hall–Kier alpha value is -1.22. The van der Waals surface area contributed by atoms with Gasteiger partial charge in [0.15, 0.2) is 0 Å². The van der Waals surface area contributed by atoms with Gasteiger partial charge in [-0.3, -0.25) is 0 Å². The molecule has 2 rings (SSSR count). The van der Waals surface area contributed by atoms with Crippen molar-refractivity contribution in [3.8, 4) is 5.75 Å². The van der Waals surface area contributed by atoms with E-state index in [9.17, 15) is 5.11 Å². The molecule has 0 aromatic heterocycles. The van der Waals surface area contributed by atoms with Crippen molar-refractivity contribution in [2.75, 3.05) is 12.3 Å². The molecule has 1 heterocycles. The number of anilines is 1. The van der Waals surface area contributed by atoms with E-state index in [0.29, 0.717) is 11.4 Å². The maximum Gasteiger partial charge on any atom is 0.120 e. The lowest BCUT2D eigenvalue weighted by molar-refractivity contribution is 0.391. The topological polar surface area (TPSA) is 58.3 Å². The van der Waals surface area contributed by atoms with Crippen LogP contribution in [0.25, 0.3) is 0 Å². The summed E-state index contributed by atoms with van der Waals surface area (Å²) in [5, 5.41) is 13.1. The van der Waals surface area contributed by atoms with Gasteiger partial charge in [-0.15, -0.1) is 0 Å². The fraction of sp³-hybridized carbons (Fsp3) is 0.455. The molecular formula is C11H16N2O. The summed E-state index contributed by atoms with van der Waals surface area (Å²) in [6, 6.07) is 5.52. The van der Waals surface area contributed by atoms with Gasteiger partial charge in [0.25, 0.3) is 0 Å². The molecule has 0 saturated carbocycles. The summed E-state index contributed by atoms with van der Waals surface area (Å²) >= 11 is 0. The minimum Gasteiger partial charge on any atom is -0.508 e. The molecule has 1 aromatic carbocycles. The van der Waals surface area contributed by atoms with Gasteiger partial charge in [-0.2, -0.15) is 0 Å². The summed E-state index contributed by atoms with van der Waals surface area (Å²) in [4.78, 5) is 0. The lowest BCUT2D eigenvalue weighted by atomic mass is 9.96. The maximum atomic E-state index is 9.69. The number of rotatable bonds is 1. The van der Waals surface area contributed by atoms with Crippen molar-refractivity contribution in [1.82, 2.24) is 5.32 Å². The lowest BCUT2D eigenvalue weighted by Crippen LogP contribution is -2.26. The van der Waals surface area contributed by atoms with Gasteiger partial charge in [0, 0.05) is 17.3 Å². The van der Waals surface area contributed by atoms with E-state index >= 15 is 0 Å². The van der Waals surface area contributed by atoms with Crippen LogP contribution in [0, 0.1) is 0 Å². The third-order valence-corrected chi connectivity index (χ3v) is 2.74. The summed E-state index contributed by atoms with van der Waals surface area (Å²) in [6.07, 6.45) is 3.52. The Morgan fingerprint density at radius 3 is 2.93 bits per heavy atom.